The molecule has 8 rings (SSSR count). The normalized spacial score (nSPS) is 14.1. The fraction of sp³-hybridized carbons (Fsp3) is 0.552. The molecule has 0 unspecified atom stereocenters. The van der Waals surface area contributed by atoms with Gasteiger partial charge in [0, 0.05) is 87.0 Å². The maximum Gasteiger partial charge on any atom is 0.232 e. The Morgan fingerprint density at radius 3 is 1.44 bits per heavy atom. The lowest BCUT2D eigenvalue weighted by Crippen LogP contribution is -2.27. The van der Waals surface area contributed by atoms with Crippen LogP contribution in [-0.2, 0) is 72.3 Å². The number of sulfonamides is 4. The molecule has 0 amide bonds. The lowest BCUT2D eigenvalue weighted by molar-refractivity contribution is 0.288. The van der Waals surface area contributed by atoms with Crippen molar-refractivity contribution in [2.45, 2.75) is 126 Å². The van der Waals surface area contributed by atoms with Gasteiger partial charge in [-0.1, -0.05) is 84.7 Å². The van der Waals surface area contributed by atoms with Gasteiger partial charge in [-0.2, -0.15) is 5.10 Å². The summed E-state index contributed by atoms with van der Waals surface area (Å²) in [6.45, 7) is 21.9. The van der Waals surface area contributed by atoms with E-state index in [1.165, 1.54) is 38.7 Å². The van der Waals surface area contributed by atoms with E-state index in [1.807, 2.05) is 48.7 Å². The van der Waals surface area contributed by atoms with Gasteiger partial charge < -0.3 is 18.9 Å². The molecule has 5 aromatic rings. The van der Waals surface area contributed by atoms with Gasteiger partial charge in [-0.3, -0.25) is 37.3 Å². The first-order chi connectivity index (χ1) is 44.0. The molecule has 3 aliphatic heterocycles. The molecule has 1 aromatic heterocycles. The van der Waals surface area contributed by atoms with E-state index in [2.05, 4.69) is 80.2 Å². The Kier molecular flexibility index (Phi) is 30.3. The minimum Gasteiger partial charge on any atom is -0.491 e. The van der Waals surface area contributed by atoms with E-state index in [0.29, 0.717) is 114 Å². The third kappa shape index (κ3) is 25.8. The summed E-state index contributed by atoms with van der Waals surface area (Å²) in [6.07, 6.45) is 17.4. The number of nitrogens with one attached hydrogen (secondary N) is 1. The number of aromatic nitrogens is 2. The minimum absolute atomic E-state index is 0.333. The molecule has 21 nitrogen and oxygen atoms in total. The number of halogens is 2. The molecule has 0 saturated heterocycles. The Morgan fingerprint density at radius 1 is 0.521 bits per heavy atom. The van der Waals surface area contributed by atoms with Gasteiger partial charge in [0.15, 0.2) is 0 Å². The van der Waals surface area contributed by atoms with Crippen molar-refractivity contribution in [3.8, 4) is 23.0 Å². The van der Waals surface area contributed by atoms with Gasteiger partial charge >= 0.3 is 0 Å². The molecule has 27 heteroatoms. The number of anilines is 4. The molecule has 0 spiro atoms. The molecule has 0 atom stereocenters. The number of rotatable bonds is 29. The van der Waals surface area contributed by atoms with E-state index in [1.54, 1.807) is 49.2 Å². The van der Waals surface area contributed by atoms with Crippen LogP contribution in [0, 0.1) is 23.7 Å². The monoisotopic (exact) mass is 1420 g/mol. The van der Waals surface area contributed by atoms with E-state index in [4.69, 9.17) is 42.1 Å². The number of hydrogen-bond acceptors (Lipinski definition) is 16. The highest BCUT2D eigenvalue weighted by Crippen LogP contribution is 2.40. The van der Waals surface area contributed by atoms with E-state index in [9.17, 15) is 33.7 Å². The zero-order valence-corrected chi connectivity index (χ0v) is 62.2. The van der Waals surface area contributed by atoms with Gasteiger partial charge in [0.2, 0.25) is 40.1 Å². The second-order valence-electron chi connectivity index (χ2n) is 25.4. The second-order valence-corrected chi connectivity index (χ2v) is 34.0. The Morgan fingerprint density at radius 2 is 0.979 bits per heavy atom. The van der Waals surface area contributed by atoms with Crippen LogP contribution in [0.1, 0.15) is 116 Å². The smallest absolute Gasteiger partial charge is 0.232 e. The van der Waals surface area contributed by atoms with Crippen molar-refractivity contribution in [1.29, 1.82) is 0 Å². The highest BCUT2D eigenvalue weighted by molar-refractivity contribution is 7.92. The van der Waals surface area contributed by atoms with Crippen LogP contribution in [0.4, 0.5) is 22.7 Å². The van der Waals surface area contributed by atoms with Crippen molar-refractivity contribution in [2.24, 2.45) is 38.6 Å². The van der Waals surface area contributed by atoms with Gasteiger partial charge in [0.1, 0.15) is 49.4 Å². The summed E-state index contributed by atoms with van der Waals surface area (Å²) in [7, 11) is -8.77. The molecule has 0 fully saturated rings. The van der Waals surface area contributed by atoms with Crippen LogP contribution in [0.3, 0.4) is 0 Å². The fourth-order valence-electron chi connectivity index (χ4n) is 10.3. The Hall–Kier alpha value is -6.12. The maximum absolute atomic E-state index is 12.0. The SMILES string of the molecule is CC(C)Cc1c(OCC2=NCCC2)ccc(Cl)c1N(C)S(C)(=O)=O.CC(C)Cc1c(OCC2=NCCC2)ccc(Cl)c1NS(C)(=O)=O.CC(C)Cc1c(OCCn2cccn2)cccc1N(C)S(C)(=O)=O.CC(C)Cc1cc(N(C)S(C)(=O)=O)ccc1OCC1=NCCC1. The summed E-state index contributed by atoms with van der Waals surface area (Å²) in [5.41, 5.74) is 9.02. The van der Waals surface area contributed by atoms with Crippen LogP contribution in [-0.4, -0.2) is 153 Å². The maximum atomic E-state index is 12.0. The van der Waals surface area contributed by atoms with Crippen LogP contribution in [0.5, 0.6) is 23.0 Å². The lowest BCUT2D eigenvalue weighted by Gasteiger charge is -2.24. The first-order valence-corrected chi connectivity index (χ1v) is 39.9. The molecule has 0 aliphatic carbocycles. The molecule has 0 bridgehead atoms. The number of hydrogen-bond donors (Lipinski definition) is 1. The predicted molar refractivity (Wildman–Crippen MR) is 387 cm³/mol. The molecular weight excluding hydrogens is 1320 g/mol. The number of benzene rings is 4. The summed E-state index contributed by atoms with van der Waals surface area (Å²) >= 11 is 12.5. The van der Waals surface area contributed by atoms with Crippen LogP contribution in [0.15, 0.2) is 94.1 Å². The van der Waals surface area contributed by atoms with E-state index in [-0.39, 0.29) is 0 Å². The average molecular weight is 1420 g/mol. The lowest BCUT2D eigenvalue weighted by atomic mass is 10.00. The molecule has 0 radical (unpaired) electrons. The standard InChI is InChI=1S/C17H25ClN2O3S.C17H25N3O3S.C17H26N2O3S.C16H23ClN2O3S/c1-12(2)10-14-16(23-11-13-6-5-9-19-13)8-7-15(18)17(14)20(3)24(4,21)22;1-14(2)13-15-16(19(3)24(4,21)22)7-5-8-17(15)23-12-11-20-10-6-9-18-20;1-13(2)10-14-11-16(19(3)23(4,20)21)7-8-17(14)22-12-15-6-5-9-18-15;1-11(2)9-13-15(22-10-12-5-4-8-18-12)7-6-14(17)16(13)19-23(3,20)21/h7-8,12H,5-6,9-11H2,1-4H3;5-10,14H,11-13H2,1-4H3;7-8,11,13H,5-6,9-10,12H2,1-4H3;6-7,11,19H,4-5,8-10H2,1-3H3. The molecule has 3 aliphatic rings. The first-order valence-electron chi connectivity index (χ1n) is 31.7. The van der Waals surface area contributed by atoms with Crippen molar-refractivity contribution in [3.05, 3.63) is 111 Å². The molecule has 94 heavy (non-hydrogen) atoms. The van der Waals surface area contributed by atoms with Crippen LogP contribution < -0.4 is 36.6 Å². The van der Waals surface area contributed by atoms with Gasteiger partial charge in [-0.05, 0) is 154 Å². The Labute approximate surface area is 570 Å². The van der Waals surface area contributed by atoms with Crippen LogP contribution in [0.2, 0.25) is 10.0 Å². The van der Waals surface area contributed by atoms with Crippen molar-refractivity contribution in [2.75, 3.05) is 110 Å². The Balaban J connectivity index is 0.000000227. The van der Waals surface area contributed by atoms with Crippen molar-refractivity contribution in [3.63, 3.8) is 0 Å². The highest BCUT2D eigenvalue weighted by Gasteiger charge is 2.26. The van der Waals surface area contributed by atoms with E-state index in [0.717, 1.165) is 128 Å². The third-order valence-corrected chi connectivity index (χ3v) is 19.8. The fourth-order valence-corrected chi connectivity index (χ4v) is 13.1. The molecular formula is C67H99Cl2N9O12S4. The highest BCUT2D eigenvalue weighted by atomic mass is 35.5. The zero-order chi connectivity index (χ0) is 69.7. The topological polar surface area (TPSA) is 250 Å². The Bertz CT molecular complexity index is 3860. The molecule has 4 heterocycles. The summed E-state index contributed by atoms with van der Waals surface area (Å²) in [4.78, 5) is 13.2. The van der Waals surface area contributed by atoms with Gasteiger partial charge in [-0.15, -0.1) is 0 Å². The van der Waals surface area contributed by atoms with Gasteiger partial charge in [-0.25, -0.2) is 33.7 Å². The summed E-state index contributed by atoms with van der Waals surface area (Å²) in [5.74, 6) is 4.38. The molecule has 522 valence electrons. The third-order valence-electron chi connectivity index (χ3n) is 15.0. The summed E-state index contributed by atoms with van der Waals surface area (Å²) in [6, 6.07) is 19.9. The van der Waals surface area contributed by atoms with Gasteiger partial charge in [0.05, 0.1) is 64.4 Å². The largest absolute Gasteiger partial charge is 0.491 e. The average Bonchev–Trinajstić information content (AvgIpc) is 0.872. The summed E-state index contributed by atoms with van der Waals surface area (Å²) in [5, 5.41) is 4.92. The van der Waals surface area contributed by atoms with Crippen molar-refractivity contribution >= 4 is 103 Å². The number of ether oxygens (including phenoxy) is 4. The van der Waals surface area contributed by atoms with E-state index < -0.39 is 40.1 Å². The van der Waals surface area contributed by atoms with Crippen molar-refractivity contribution < 1.29 is 52.6 Å². The van der Waals surface area contributed by atoms with Crippen LogP contribution >= 0.6 is 23.2 Å². The number of aliphatic imine (C=N–C) groups is 3. The quantitative estimate of drug-likeness (QED) is 0.0468. The van der Waals surface area contributed by atoms with Gasteiger partial charge in [0.25, 0.3) is 0 Å². The predicted octanol–water partition coefficient (Wildman–Crippen LogP) is 12.5. The molecule has 4 aromatic carbocycles. The van der Waals surface area contributed by atoms with E-state index >= 15 is 0 Å². The summed E-state index contributed by atoms with van der Waals surface area (Å²) < 4.78 is 127. The van der Waals surface area contributed by atoms with Crippen molar-refractivity contribution in [1.82, 2.24) is 9.78 Å². The minimum atomic E-state index is -3.42. The molecule has 1 N–H and O–H groups in total. The zero-order valence-electron chi connectivity index (χ0n) is 57.4. The molecule has 0 saturated carbocycles. The first kappa shape index (κ1) is 78.6. The van der Waals surface area contributed by atoms with Crippen LogP contribution in [0.25, 0.3) is 0 Å². The second kappa shape index (κ2) is 36.3. The number of nitrogens with zero attached hydrogens (tertiary/aromatic N) is 8.